The van der Waals surface area contributed by atoms with E-state index in [9.17, 15) is 0 Å². The smallest absolute Gasteiger partial charge is 0.121 e. The van der Waals surface area contributed by atoms with Crippen molar-refractivity contribution in [1.29, 1.82) is 0 Å². The summed E-state index contributed by atoms with van der Waals surface area (Å²) < 4.78 is 0. The second kappa shape index (κ2) is 0.965. The van der Waals surface area contributed by atoms with Gasteiger partial charge in [-0.3, -0.25) is 4.99 Å². The van der Waals surface area contributed by atoms with Gasteiger partial charge in [-0.25, -0.2) is 0 Å². The van der Waals surface area contributed by atoms with Gasteiger partial charge < -0.3 is 4.90 Å². The molecule has 6 heavy (non-hydrogen) atoms. The number of nitrogens with zero attached hydrogens (tertiary/aromatic N) is 2. The molecule has 0 radical (unpaired) electrons. The van der Waals surface area contributed by atoms with Crippen LogP contribution in [0.5, 0.6) is 0 Å². The summed E-state index contributed by atoms with van der Waals surface area (Å²) in [5, 5.41) is 0. The molecule has 1 aliphatic heterocycles. The second-order valence-corrected chi connectivity index (χ2v) is 1.63. The molecule has 0 fully saturated rings. The van der Waals surface area contributed by atoms with Crippen LogP contribution in [0.4, 0.5) is 0 Å². The van der Waals surface area contributed by atoms with E-state index in [1.54, 1.807) is 0 Å². The summed E-state index contributed by atoms with van der Waals surface area (Å²) in [4.78, 5) is 5.97. The van der Waals surface area contributed by atoms with Gasteiger partial charge in [0, 0.05) is 14.1 Å². The molecule has 1 aliphatic rings. The van der Waals surface area contributed by atoms with Crippen LogP contribution >= 0.6 is 0 Å². The number of likely N-dealkylation sites (N-methyl/N-ethyl adjacent to an activating group) is 1. The van der Waals surface area contributed by atoms with Crippen molar-refractivity contribution in [2.45, 2.75) is 0 Å². The van der Waals surface area contributed by atoms with E-state index >= 15 is 0 Å². The quantitative estimate of drug-likeness (QED) is 0.402. The summed E-state index contributed by atoms with van der Waals surface area (Å²) in [7, 11) is 4.01. The first kappa shape index (κ1) is 3.65. The van der Waals surface area contributed by atoms with Crippen molar-refractivity contribution in [2.24, 2.45) is 4.99 Å². The summed E-state index contributed by atoms with van der Waals surface area (Å²) in [6.07, 6.45) is 0. The van der Waals surface area contributed by atoms with Crippen LogP contribution in [0.1, 0.15) is 0 Å². The van der Waals surface area contributed by atoms with Gasteiger partial charge in [0.25, 0.3) is 0 Å². The molecule has 0 aromatic heterocycles. The Labute approximate surface area is 37.5 Å². The molecule has 0 bridgehead atoms. The van der Waals surface area contributed by atoms with Gasteiger partial charge in [-0.1, -0.05) is 0 Å². The minimum absolute atomic E-state index is 0.965. The average molecular weight is 84.1 g/mol. The van der Waals surface area contributed by atoms with Crippen molar-refractivity contribution in [3.8, 4) is 0 Å². The zero-order chi connectivity index (χ0) is 4.57. The normalized spacial score (nSPS) is 16.7. The number of rotatable bonds is 0. The standard InChI is InChI=1S/C4H8N2/c1-6(2)4-3-5-4/h3H2,1-2H3. The second-order valence-electron chi connectivity index (χ2n) is 1.63. The Hall–Kier alpha value is -0.530. The lowest BCUT2D eigenvalue weighted by Gasteiger charge is -1.99. The predicted octanol–water partition coefficient (Wildman–Crippen LogP) is -0.0399. The van der Waals surface area contributed by atoms with Crippen molar-refractivity contribution < 1.29 is 0 Å². The summed E-state index contributed by atoms with van der Waals surface area (Å²) >= 11 is 0. The Bertz CT molecular complexity index is 83.5. The maximum atomic E-state index is 3.94. The van der Waals surface area contributed by atoms with Gasteiger partial charge in [0.15, 0.2) is 0 Å². The number of hydrogen-bond donors (Lipinski definition) is 0. The van der Waals surface area contributed by atoms with Gasteiger partial charge in [0.05, 0.1) is 6.54 Å². The summed E-state index contributed by atoms with van der Waals surface area (Å²) in [6, 6.07) is 0. The van der Waals surface area contributed by atoms with Crippen LogP contribution in [0.3, 0.4) is 0 Å². The molecule has 0 saturated carbocycles. The zero-order valence-corrected chi connectivity index (χ0v) is 4.10. The van der Waals surface area contributed by atoms with E-state index in [0.717, 1.165) is 6.54 Å². The Kier molecular flexibility index (Phi) is 0.587. The molecule has 1 heterocycles. The first-order valence-electron chi connectivity index (χ1n) is 2.01. The van der Waals surface area contributed by atoms with Gasteiger partial charge in [-0.05, 0) is 0 Å². The van der Waals surface area contributed by atoms with E-state index < -0.39 is 0 Å². The van der Waals surface area contributed by atoms with Crippen LogP contribution in [0.15, 0.2) is 4.99 Å². The summed E-state index contributed by atoms with van der Waals surface area (Å²) in [6.45, 7) is 0.965. The fourth-order valence-corrected chi connectivity index (χ4v) is 0.318. The van der Waals surface area contributed by atoms with E-state index in [-0.39, 0.29) is 0 Å². The molecule has 0 aromatic carbocycles. The molecule has 0 amide bonds. The van der Waals surface area contributed by atoms with Gasteiger partial charge >= 0.3 is 0 Å². The van der Waals surface area contributed by atoms with Crippen LogP contribution in [-0.4, -0.2) is 31.4 Å². The minimum atomic E-state index is 0.965. The minimum Gasteiger partial charge on any atom is -0.365 e. The van der Waals surface area contributed by atoms with E-state index in [0.29, 0.717) is 0 Å². The number of hydrogen-bond acceptors (Lipinski definition) is 2. The van der Waals surface area contributed by atoms with Crippen LogP contribution in [0, 0.1) is 0 Å². The molecule has 2 heteroatoms. The molecule has 0 aromatic rings. The van der Waals surface area contributed by atoms with Gasteiger partial charge in [0.1, 0.15) is 5.84 Å². The van der Waals surface area contributed by atoms with Crippen molar-refractivity contribution in [2.75, 3.05) is 20.6 Å². The van der Waals surface area contributed by atoms with Crippen molar-refractivity contribution in [3.63, 3.8) is 0 Å². The molecule has 0 atom stereocenters. The van der Waals surface area contributed by atoms with Gasteiger partial charge in [-0.15, -0.1) is 0 Å². The van der Waals surface area contributed by atoms with E-state index in [1.165, 1.54) is 5.84 Å². The Balaban J connectivity index is 2.31. The highest BCUT2D eigenvalue weighted by Crippen LogP contribution is 1.96. The van der Waals surface area contributed by atoms with Gasteiger partial charge in [0.2, 0.25) is 0 Å². The van der Waals surface area contributed by atoms with E-state index in [4.69, 9.17) is 0 Å². The number of amidine groups is 1. The molecule has 1 rings (SSSR count). The van der Waals surface area contributed by atoms with Crippen LogP contribution in [-0.2, 0) is 0 Å². The Morgan fingerprint density at radius 1 is 1.67 bits per heavy atom. The predicted molar refractivity (Wildman–Crippen MR) is 26.0 cm³/mol. The zero-order valence-electron chi connectivity index (χ0n) is 4.10. The summed E-state index contributed by atoms with van der Waals surface area (Å²) in [5.41, 5.74) is 0. The first-order chi connectivity index (χ1) is 2.80. The topological polar surface area (TPSA) is 15.6 Å². The molecule has 0 unspecified atom stereocenters. The maximum Gasteiger partial charge on any atom is 0.121 e. The van der Waals surface area contributed by atoms with Crippen LogP contribution in [0.2, 0.25) is 0 Å². The molecule has 0 N–H and O–H groups in total. The molecule has 0 aliphatic carbocycles. The highest BCUT2D eigenvalue weighted by atomic mass is 15.2. The third-order valence-corrected chi connectivity index (χ3v) is 0.816. The Morgan fingerprint density at radius 2 is 2.17 bits per heavy atom. The SMILES string of the molecule is CN(C)C1=NC1. The first-order valence-corrected chi connectivity index (χ1v) is 2.01. The lowest BCUT2D eigenvalue weighted by Crippen LogP contribution is -2.12. The van der Waals surface area contributed by atoms with Gasteiger partial charge in [-0.2, -0.15) is 0 Å². The maximum absolute atomic E-state index is 3.94. The molecular weight excluding hydrogens is 76.1 g/mol. The van der Waals surface area contributed by atoms with Crippen molar-refractivity contribution in [3.05, 3.63) is 0 Å². The van der Waals surface area contributed by atoms with E-state index in [1.807, 2.05) is 19.0 Å². The fraction of sp³-hybridized carbons (Fsp3) is 0.750. The fourth-order valence-electron chi connectivity index (χ4n) is 0.318. The highest BCUT2D eigenvalue weighted by Gasteiger charge is 2.09. The highest BCUT2D eigenvalue weighted by molar-refractivity contribution is 5.94. The largest absolute Gasteiger partial charge is 0.365 e. The number of aliphatic imine (C=N–C) groups is 1. The summed E-state index contributed by atoms with van der Waals surface area (Å²) in [5.74, 6) is 1.22. The Morgan fingerprint density at radius 3 is 2.17 bits per heavy atom. The van der Waals surface area contributed by atoms with Crippen LogP contribution in [0.25, 0.3) is 0 Å². The molecule has 2 nitrogen and oxygen atoms in total. The monoisotopic (exact) mass is 84.1 g/mol. The molecule has 0 saturated heterocycles. The van der Waals surface area contributed by atoms with E-state index in [2.05, 4.69) is 4.99 Å². The third kappa shape index (κ3) is 0.506. The van der Waals surface area contributed by atoms with Crippen molar-refractivity contribution in [1.82, 2.24) is 4.90 Å². The van der Waals surface area contributed by atoms with Crippen LogP contribution < -0.4 is 0 Å². The molecule has 0 spiro atoms. The van der Waals surface area contributed by atoms with Crippen molar-refractivity contribution >= 4 is 5.84 Å². The third-order valence-electron chi connectivity index (χ3n) is 0.816. The molecule has 34 valence electrons. The lowest BCUT2D eigenvalue weighted by atomic mass is 10.7. The molecular formula is C4H8N2. The average Bonchev–Trinajstić information content (AvgIpc) is 2.06. The lowest BCUT2D eigenvalue weighted by molar-refractivity contribution is 0.636.